The summed E-state index contributed by atoms with van der Waals surface area (Å²) in [7, 11) is 0. The van der Waals surface area contributed by atoms with Gasteiger partial charge >= 0.3 is 6.09 Å². The van der Waals surface area contributed by atoms with E-state index in [1.54, 1.807) is 0 Å². The van der Waals surface area contributed by atoms with Crippen molar-refractivity contribution in [3.63, 3.8) is 0 Å². The lowest BCUT2D eigenvalue weighted by Gasteiger charge is -2.19. The van der Waals surface area contributed by atoms with E-state index in [9.17, 15) is 4.79 Å². The first kappa shape index (κ1) is 21.7. The van der Waals surface area contributed by atoms with Crippen LogP contribution in [0.1, 0.15) is 57.7 Å². The Kier molecular flexibility index (Phi) is 9.93. The Balaban J connectivity index is 0.000000423. The van der Waals surface area contributed by atoms with Crippen LogP contribution in [0, 0.1) is 6.92 Å². The molecule has 0 aliphatic carbocycles. The van der Waals surface area contributed by atoms with Crippen LogP contribution < -0.4 is 5.32 Å². The number of rotatable bonds is 4. The Hall–Kier alpha value is -1.26. The monoisotopic (exact) mass is 343 g/mol. The molecule has 0 aliphatic heterocycles. The number of ether oxygens (including phenoxy) is 1. The van der Waals surface area contributed by atoms with Crippen molar-refractivity contribution in [3.8, 4) is 0 Å². The summed E-state index contributed by atoms with van der Waals surface area (Å²) in [5.41, 5.74) is 2.84. The predicted molar refractivity (Wildman–Crippen MR) is 96.0 cm³/mol. The number of hydrogen-bond acceptors (Lipinski definition) is 3. The standard InChI is InChI=1S/C10H13ClO.C8H17NO2/c1-3-8-4-5-10(11)9(6-12)7(8)2;1-5-6-9-7(10)11-8(2,3)4/h4-5,12H,3,6H2,1-2H3;5-6H2,1-4H3,(H,9,10). The first-order valence-electron chi connectivity index (χ1n) is 8.00. The van der Waals surface area contributed by atoms with Crippen LogP contribution in [0.2, 0.25) is 5.02 Å². The lowest BCUT2D eigenvalue weighted by Crippen LogP contribution is -2.32. The van der Waals surface area contributed by atoms with E-state index in [2.05, 4.69) is 12.2 Å². The maximum absolute atomic E-state index is 10.9. The highest BCUT2D eigenvalue weighted by Gasteiger charge is 2.14. The summed E-state index contributed by atoms with van der Waals surface area (Å²) >= 11 is 5.90. The van der Waals surface area contributed by atoms with E-state index in [1.165, 1.54) is 5.56 Å². The molecule has 0 bridgehead atoms. The Morgan fingerprint density at radius 3 is 2.35 bits per heavy atom. The molecule has 1 aromatic rings. The summed E-state index contributed by atoms with van der Waals surface area (Å²) in [6, 6.07) is 3.86. The summed E-state index contributed by atoms with van der Waals surface area (Å²) < 4.78 is 4.99. The van der Waals surface area contributed by atoms with Crippen LogP contribution in [-0.2, 0) is 17.8 Å². The highest BCUT2D eigenvalue weighted by atomic mass is 35.5. The maximum Gasteiger partial charge on any atom is 0.407 e. The van der Waals surface area contributed by atoms with E-state index in [0.29, 0.717) is 11.6 Å². The number of halogens is 1. The molecule has 0 spiro atoms. The summed E-state index contributed by atoms with van der Waals surface area (Å²) in [5, 5.41) is 12.3. The molecule has 0 aromatic heterocycles. The van der Waals surface area contributed by atoms with Crippen molar-refractivity contribution in [3.05, 3.63) is 33.8 Å². The third-order valence-corrected chi connectivity index (χ3v) is 3.46. The zero-order valence-corrected chi connectivity index (χ0v) is 15.9. The van der Waals surface area contributed by atoms with Gasteiger partial charge in [-0.1, -0.05) is 31.5 Å². The molecule has 0 heterocycles. The summed E-state index contributed by atoms with van der Waals surface area (Å²) in [6.45, 7) is 12.3. The third kappa shape index (κ3) is 8.82. The van der Waals surface area contributed by atoms with Crippen molar-refractivity contribution in [1.29, 1.82) is 0 Å². The molecule has 0 saturated heterocycles. The molecular weight excluding hydrogens is 314 g/mol. The van der Waals surface area contributed by atoms with E-state index in [0.717, 1.165) is 24.0 Å². The number of amides is 1. The number of alkyl carbamates (subject to hydrolysis) is 1. The van der Waals surface area contributed by atoms with Crippen LogP contribution in [0.5, 0.6) is 0 Å². The van der Waals surface area contributed by atoms with Crippen molar-refractivity contribution in [2.24, 2.45) is 0 Å². The first-order chi connectivity index (χ1) is 10.7. The number of aliphatic hydroxyl groups excluding tert-OH is 1. The van der Waals surface area contributed by atoms with Crippen LogP contribution in [0.25, 0.3) is 0 Å². The van der Waals surface area contributed by atoms with Gasteiger partial charge < -0.3 is 15.2 Å². The van der Waals surface area contributed by atoms with Gasteiger partial charge in [-0.25, -0.2) is 4.79 Å². The third-order valence-electron chi connectivity index (χ3n) is 3.11. The number of carbonyl (C=O) groups excluding carboxylic acids is 1. The van der Waals surface area contributed by atoms with Gasteiger partial charge in [-0.05, 0) is 63.3 Å². The minimum atomic E-state index is -0.391. The molecule has 2 N–H and O–H groups in total. The zero-order chi connectivity index (χ0) is 18.0. The summed E-state index contributed by atoms with van der Waals surface area (Å²) in [5.74, 6) is 0. The Morgan fingerprint density at radius 2 is 1.91 bits per heavy atom. The molecule has 0 saturated carbocycles. The molecule has 1 aromatic carbocycles. The highest BCUT2D eigenvalue weighted by Crippen LogP contribution is 2.23. The molecular formula is C18H30ClNO3. The van der Waals surface area contributed by atoms with Gasteiger partial charge in [-0.15, -0.1) is 0 Å². The molecule has 132 valence electrons. The smallest absolute Gasteiger partial charge is 0.407 e. The van der Waals surface area contributed by atoms with Gasteiger partial charge in [0.15, 0.2) is 0 Å². The second kappa shape index (κ2) is 10.5. The molecule has 5 heteroatoms. The largest absolute Gasteiger partial charge is 0.444 e. The quantitative estimate of drug-likeness (QED) is 0.838. The normalized spacial score (nSPS) is 10.6. The van der Waals surface area contributed by atoms with Crippen molar-refractivity contribution in [1.82, 2.24) is 5.32 Å². The molecule has 23 heavy (non-hydrogen) atoms. The fourth-order valence-corrected chi connectivity index (χ4v) is 2.16. The van der Waals surface area contributed by atoms with Crippen molar-refractivity contribution in [2.75, 3.05) is 6.54 Å². The van der Waals surface area contributed by atoms with E-state index < -0.39 is 5.60 Å². The van der Waals surface area contributed by atoms with Gasteiger partial charge in [0.1, 0.15) is 5.60 Å². The lowest BCUT2D eigenvalue weighted by atomic mass is 10.0. The van der Waals surface area contributed by atoms with Crippen molar-refractivity contribution in [2.45, 2.75) is 66.6 Å². The SMILES string of the molecule is CCCNC(=O)OC(C)(C)C.CCc1ccc(Cl)c(CO)c1C. The van der Waals surface area contributed by atoms with Crippen LogP contribution in [0.3, 0.4) is 0 Å². The van der Waals surface area contributed by atoms with Gasteiger partial charge in [0.05, 0.1) is 6.61 Å². The topological polar surface area (TPSA) is 58.6 Å². The van der Waals surface area contributed by atoms with Gasteiger partial charge in [0, 0.05) is 11.6 Å². The fourth-order valence-electron chi connectivity index (χ4n) is 1.89. The first-order valence-corrected chi connectivity index (χ1v) is 8.38. The lowest BCUT2D eigenvalue weighted by molar-refractivity contribution is 0.0528. The van der Waals surface area contributed by atoms with Gasteiger partial charge in [-0.3, -0.25) is 0 Å². The molecule has 0 fully saturated rings. The number of nitrogens with one attached hydrogen (secondary N) is 1. The molecule has 0 unspecified atom stereocenters. The maximum atomic E-state index is 10.9. The predicted octanol–water partition coefficient (Wildman–Crippen LogP) is 4.62. The molecule has 1 rings (SSSR count). The van der Waals surface area contributed by atoms with Gasteiger partial charge in [0.25, 0.3) is 0 Å². The molecule has 0 atom stereocenters. The Labute approximate surface area is 145 Å². The highest BCUT2D eigenvalue weighted by molar-refractivity contribution is 6.31. The van der Waals surface area contributed by atoms with Crippen LogP contribution >= 0.6 is 11.6 Å². The number of benzene rings is 1. The van der Waals surface area contributed by atoms with Crippen LogP contribution in [0.15, 0.2) is 12.1 Å². The number of aryl methyl sites for hydroxylation is 1. The van der Waals surface area contributed by atoms with Gasteiger partial charge in [0.2, 0.25) is 0 Å². The summed E-state index contributed by atoms with van der Waals surface area (Å²) in [6.07, 6.45) is 1.58. The molecule has 0 aliphatic rings. The number of carbonyl (C=O) groups is 1. The van der Waals surface area contributed by atoms with E-state index in [4.69, 9.17) is 21.4 Å². The van der Waals surface area contributed by atoms with Gasteiger partial charge in [-0.2, -0.15) is 0 Å². The van der Waals surface area contributed by atoms with Crippen LogP contribution in [0.4, 0.5) is 4.79 Å². The second-order valence-electron chi connectivity index (χ2n) is 6.25. The second-order valence-corrected chi connectivity index (χ2v) is 6.66. The van der Waals surface area contributed by atoms with E-state index in [-0.39, 0.29) is 12.7 Å². The van der Waals surface area contributed by atoms with Crippen molar-refractivity contribution < 1.29 is 14.6 Å². The number of aliphatic hydroxyl groups is 1. The minimum absolute atomic E-state index is 0.0263. The zero-order valence-electron chi connectivity index (χ0n) is 15.1. The van der Waals surface area contributed by atoms with E-state index >= 15 is 0 Å². The van der Waals surface area contributed by atoms with E-state index in [1.807, 2.05) is 46.8 Å². The Bertz CT molecular complexity index is 496. The fraction of sp³-hybridized carbons (Fsp3) is 0.611. The molecule has 4 nitrogen and oxygen atoms in total. The molecule has 0 radical (unpaired) electrons. The average molecular weight is 344 g/mol. The van der Waals surface area contributed by atoms with Crippen molar-refractivity contribution >= 4 is 17.7 Å². The summed E-state index contributed by atoms with van der Waals surface area (Å²) in [4.78, 5) is 10.9. The molecule has 1 amide bonds. The minimum Gasteiger partial charge on any atom is -0.444 e. The number of hydrogen-bond donors (Lipinski definition) is 2. The average Bonchev–Trinajstić information content (AvgIpc) is 2.45. The van der Waals surface area contributed by atoms with Crippen LogP contribution in [-0.4, -0.2) is 23.3 Å². The Morgan fingerprint density at radius 1 is 1.30 bits per heavy atom.